The van der Waals surface area contributed by atoms with Crippen molar-refractivity contribution >= 4 is 0 Å². The van der Waals surface area contributed by atoms with E-state index in [1.54, 1.807) is 0 Å². The molecule has 0 spiro atoms. The van der Waals surface area contributed by atoms with Crippen LogP contribution < -0.4 is 5.73 Å². The molecule has 0 aromatic rings. The van der Waals surface area contributed by atoms with Crippen LogP contribution in [-0.4, -0.2) is 33.8 Å². The summed E-state index contributed by atoms with van der Waals surface area (Å²) >= 11 is 0. The predicted molar refractivity (Wildman–Crippen MR) is 46.4 cm³/mol. The van der Waals surface area contributed by atoms with Gasteiger partial charge in [0, 0.05) is 6.61 Å². The van der Waals surface area contributed by atoms with E-state index >= 15 is 0 Å². The van der Waals surface area contributed by atoms with E-state index in [2.05, 4.69) is 0 Å². The van der Waals surface area contributed by atoms with Gasteiger partial charge >= 0.3 is 0 Å². The van der Waals surface area contributed by atoms with Gasteiger partial charge in [0.1, 0.15) is 5.72 Å². The lowest BCUT2D eigenvalue weighted by molar-refractivity contribution is -0.0811. The molecule has 0 saturated carbocycles. The second kappa shape index (κ2) is 5.48. The van der Waals surface area contributed by atoms with Crippen molar-refractivity contribution in [2.24, 2.45) is 5.73 Å². The van der Waals surface area contributed by atoms with E-state index in [4.69, 9.17) is 10.8 Å². The summed E-state index contributed by atoms with van der Waals surface area (Å²) in [5, 5.41) is 27.3. The van der Waals surface area contributed by atoms with Crippen LogP contribution in [0.5, 0.6) is 0 Å². The smallest absolute Gasteiger partial charge is 0.139 e. The summed E-state index contributed by atoms with van der Waals surface area (Å²) in [7, 11) is 0. The van der Waals surface area contributed by atoms with Crippen LogP contribution in [0, 0.1) is 0 Å². The molecule has 0 heterocycles. The van der Waals surface area contributed by atoms with Gasteiger partial charge in [0.2, 0.25) is 0 Å². The van der Waals surface area contributed by atoms with Gasteiger partial charge in [-0.05, 0) is 19.3 Å². The molecule has 74 valence electrons. The average Bonchev–Trinajstić information content (AvgIpc) is 2.00. The Morgan fingerprint density at radius 1 is 1.50 bits per heavy atom. The summed E-state index contributed by atoms with van der Waals surface area (Å²) in [6.07, 6.45) is 0.959. The largest absolute Gasteiger partial charge is 0.396 e. The average molecular weight is 177 g/mol. The fourth-order valence-corrected chi connectivity index (χ4v) is 1.10. The van der Waals surface area contributed by atoms with Crippen LogP contribution >= 0.6 is 0 Å². The van der Waals surface area contributed by atoms with Gasteiger partial charge in [-0.15, -0.1) is 0 Å². The first-order valence-electron chi connectivity index (χ1n) is 4.34. The van der Waals surface area contributed by atoms with Crippen LogP contribution in [0.25, 0.3) is 0 Å². The number of aliphatic hydroxyl groups is 3. The quantitative estimate of drug-likeness (QED) is 0.414. The maximum absolute atomic E-state index is 9.46. The molecule has 0 aliphatic rings. The minimum absolute atomic E-state index is 0.0132. The molecule has 4 nitrogen and oxygen atoms in total. The Balaban J connectivity index is 3.79. The maximum atomic E-state index is 9.46. The van der Waals surface area contributed by atoms with Crippen LogP contribution in [0.2, 0.25) is 0 Å². The molecule has 0 amide bonds. The lowest BCUT2D eigenvalue weighted by Gasteiger charge is -2.28. The minimum Gasteiger partial charge on any atom is -0.396 e. The van der Waals surface area contributed by atoms with Crippen molar-refractivity contribution in [3.8, 4) is 0 Å². The zero-order valence-electron chi connectivity index (χ0n) is 7.53. The molecule has 2 atom stereocenters. The second-order valence-electron chi connectivity index (χ2n) is 3.12. The van der Waals surface area contributed by atoms with Gasteiger partial charge in [-0.1, -0.05) is 13.3 Å². The summed E-state index contributed by atoms with van der Waals surface area (Å²) in [5.74, 6) is 0. The van der Waals surface area contributed by atoms with Crippen molar-refractivity contribution in [3.63, 3.8) is 0 Å². The van der Waals surface area contributed by atoms with Gasteiger partial charge in [0.05, 0.1) is 6.10 Å². The Labute approximate surface area is 73.0 Å². The van der Waals surface area contributed by atoms with Gasteiger partial charge in [-0.2, -0.15) is 0 Å². The van der Waals surface area contributed by atoms with E-state index in [9.17, 15) is 10.2 Å². The fraction of sp³-hybridized carbons (Fsp3) is 1.00. The molecular formula is C8H19NO3. The number of aliphatic hydroxyl groups excluding tert-OH is 2. The topological polar surface area (TPSA) is 86.7 Å². The highest BCUT2D eigenvalue weighted by molar-refractivity contribution is 4.79. The minimum atomic E-state index is -1.50. The van der Waals surface area contributed by atoms with Gasteiger partial charge in [-0.3, -0.25) is 0 Å². The van der Waals surface area contributed by atoms with Crippen LogP contribution in [0.15, 0.2) is 0 Å². The third kappa shape index (κ3) is 4.01. The lowest BCUT2D eigenvalue weighted by Crippen LogP contribution is -2.50. The molecule has 0 saturated heterocycles. The molecule has 0 aromatic heterocycles. The van der Waals surface area contributed by atoms with Crippen LogP contribution in [0.1, 0.15) is 32.6 Å². The summed E-state index contributed by atoms with van der Waals surface area (Å²) in [5.41, 5.74) is 3.94. The molecule has 4 heteroatoms. The maximum Gasteiger partial charge on any atom is 0.139 e. The SMILES string of the molecule is CCCC(N)(O)C(O)CCCO. The van der Waals surface area contributed by atoms with E-state index in [0.717, 1.165) is 6.42 Å². The summed E-state index contributed by atoms with van der Waals surface area (Å²) in [6, 6.07) is 0. The van der Waals surface area contributed by atoms with Gasteiger partial charge in [-0.25, -0.2) is 0 Å². The fourth-order valence-electron chi connectivity index (χ4n) is 1.10. The zero-order valence-corrected chi connectivity index (χ0v) is 7.53. The van der Waals surface area contributed by atoms with Gasteiger partial charge in [0.15, 0.2) is 0 Å². The first-order valence-corrected chi connectivity index (χ1v) is 4.34. The van der Waals surface area contributed by atoms with E-state index in [1.165, 1.54) is 0 Å². The molecule has 0 rings (SSSR count). The predicted octanol–water partition coefficient (Wildman–Crippen LogP) is -0.433. The van der Waals surface area contributed by atoms with Crippen molar-refractivity contribution in [2.75, 3.05) is 6.61 Å². The molecule has 0 bridgehead atoms. The molecule has 2 unspecified atom stereocenters. The molecular weight excluding hydrogens is 158 g/mol. The number of rotatable bonds is 6. The molecule has 5 N–H and O–H groups in total. The Hall–Kier alpha value is -0.160. The van der Waals surface area contributed by atoms with E-state index in [0.29, 0.717) is 19.3 Å². The zero-order chi connectivity index (χ0) is 9.61. The first-order chi connectivity index (χ1) is 5.54. The highest BCUT2D eigenvalue weighted by Crippen LogP contribution is 2.14. The first kappa shape index (κ1) is 11.8. The third-order valence-electron chi connectivity index (χ3n) is 1.86. The van der Waals surface area contributed by atoms with E-state index in [1.807, 2.05) is 6.92 Å². The normalized spacial score (nSPS) is 18.8. The number of hydrogen-bond acceptors (Lipinski definition) is 4. The Kier molecular flexibility index (Phi) is 5.41. The Morgan fingerprint density at radius 3 is 2.50 bits per heavy atom. The number of hydrogen-bond donors (Lipinski definition) is 4. The molecule has 0 aromatic carbocycles. The molecule has 12 heavy (non-hydrogen) atoms. The summed E-state index contributed by atoms with van der Waals surface area (Å²) < 4.78 is 0. The molecule has 0 radical (unpaired) electrons. The molecule has 0 aliphatic carbocycles. The second-order valence-corrected chi connectivity index (χ2v) is 3.12. The summed E-state index contributed by atoms with van der Waals surface area (Å²) in [6.45, 7) is 1.90. The van der Waals surface area contributed by atoms with Crippen molar-refractivity contribution in [1.29, 1.82) is 0 Å². The molecule has 0 fully saturated rings. The van der Waals surface area contributed by atoms with Crippen LogP contribution in [-0.2, 0) is 0 Å². The third-order valence-corrected chi connectivity index (χ3v) is 1.86. The van der Waals surface area contributed by atoms with E-state index in [-0.39, 0.29) is 6.61 Å². The number of nitrogens with two attached hydrogens (primary N) is 1. The monoisotopic (exact) mass is 177 g/mol. The van der Waals surface area contributed by atoms with E-state index < -0.39 is 11.8 Å². The van der Waals surface area contributed by atoms with Crippen molar-refractivity contribution in [3.05, 3.63) is 0 Å². The van der Waals surface area contributed by atoms with Crippen LogP contribution in [0.3, 0.4) is 0 Å². The summed E-state index contributed by atoms with van der Waals surface area (Å²) in [4.78, 5) is 0. The lowest BCUT2D eigenvalue weighted by atomic mass is 9.98. The van der Waals surface area contributed by atoms with Gasteiger partial charge < -0.3 is 21.1 Å². The van der Waals surface area contributed by atoms with Gasteiger partial charge in [0.25, 0.3) is 0 Å². The van der Waals surface area contributed by atoms with Crippen molar-refractivity contribution in [1.82, 2.24) is 0 Å². The van der Waals surface area contributed by atoms with Crippen molar-refractivity contribution < 1.29 is 15.3 Å². The highest BCUT2D eigenvalue weighted by atomic mass is 16.4. The Morgan fingerprint density at radius 2 is 2.08 bits per heavy atom. The highest BCUT2D eigenvalue weighted by Gasteiger charge is 2.29. The molecule has 0 aliphatic heterocycles. The van der Waals surface area contributed by atoms with Crippen LogP contribution in [0.4, 0.5) is 0 Å². The Bertz CT molecular complexity index is 117. The van der Waals surface area contributed by atoms with Crippen molar-refractivity contribution in [2.45, 2.75) is 44.4 Å². The standard InChI is InChI=1S/C8H19NO3/c1-2-5-8(9,12)7(11)4-3-6-10/h7,10-12H,2-6,9H2,1H3.